The molecule has 2 unspecified atom stereocenters. The van der Waals surface area contributed by atoms with Crippen LogP contribution in [-0.4, -0.2) is 11.1 Å². The van der Waals surface area contributed by atoms with Crippen LogP contribution in [0.2, 0.25) is 0 Å². The minimum atomic E-state index is 0.237. The zero-order chi connectivity index (χ0) is 12.1. The van der Waals surface area contributed by atoms with Gasteiger partial charge >= 0.3 is 0 Å². The first-order valence-electron chi connectivity index (χ1n) is 6.09. The topological polar surface area (TPSA) is 46.2 Å². The summed E-state index contributed by atoms with van der Waals surface area (Å²) in [6.45, 7) is 6.25. The summed E-state index contributed by atoms with van der Waals surface area (Å²) in [5.41, 5.74) is 8.05. The molecular formula is C14H23NO. The number of phenols is 1. The molecule has 1 aromatic carbocycles. The Balaban J connectivity index is 2.81. The Hall–Kier alpha value is -1.02. The maximum Gasteiger partial charge on any atom is 0.119 e. The number of nitrogens with two attached hydrogens (primary N) is 1. The fraction of sp³-hybridized carbons (Fsp3) is 0.571. The number of benzene rings is 1. The number of phenolic OH excluding ortho intramolecular Hbond substituents is 1. The van der Waals surface area contributed by atoms with E-state index in [4.69, 9.17) is 5.73 Å². The third kappa shape index (κ3) is 3.53. The molecule has 0 aliphatic carbocycles. The summed E-state index contributed by atoms with van der Waals surface area (Å²) in [6.07, 6.45) is 3.10. The molecule has 0 aliphatic rings. The van der Waals surface area contributed by atoms with Gasteiger partial charge in [-0.05, 0) is 50.7 Å². The SMILES string of the molecule is CCC(CCC(C)N)c1cc(C)ccc1O. The third-order valence-electron chi connectivity index (χ3n) is 3.09. The van der Waals surface area contributed by atoms with Crippen molar-refractivity contribution in [2.75, 3.05) is 0 Å². The van der Waals surface area contributed by atoms with Crippen LogP contribution >= 0.6 is 0 Å². The van der Waals surface area contributed by atoms with E-state index in [-0.39, 0.29) is 6.04 Å². The van der Waals surface area contributed by atoms with Crippen LogP contribution in [0.25, 0.3) is 0 Å². The number of aryl methyl sites for hydroxylation is 1. The van der Waals surface area contributed by atoms with Crippen molar-refractivity contribution < 1.29 is 5.11 Å². The first kappa shape index (κ1) is 13.0. The lowest BCUT2D eigenvalue weighted by molar-refractivity contribution is 0.448. The van der Waals surface area contributed by atoms with Gasteiger partial charge in [-0.25, -0.2) is 0 Å². The summed E-state index contributed by atoms with van der Waals surface area (Å²) in [5, 5.41) is 9.87. The lowest BCUT2D eigenvalue weighted by atomic mass is 9.89. The van der Waals surface area contributed by atoms with Gasteiger partial charge in [0.15, 0.2) is 0 Å². The third-order valence-corrected chi connectivity index (χ3v) is 3.09. The number of hydrogen-bond acceptors (Lipinski definition) is 2. The summed E-state index contributed by atoms with van der Waals surface area (Å²) in [6, 6.07) is 6.06. The maximum atomic E-state index is 9.87. The zero-order valence-electron chi connectivity index (χ0n) is 10.5. The van der Waals surface area contributed by atoms with Crippen LogP contribution < -0.4 is 5.73 Å². The van der Waals surface area contributed by atoms with Crippen molar-refractivity contribution in [2.45, 2.75) is 52.0 Å². The first-order chi connectivity index (χ1) is 7.54. The lowest BCUT2D eigenvalue weighted by Gasteiger charge is -2.18. The van der Waals surface area contributed by atoms with Crippen molar-refractivity contribution in [2.24, 2.45) is 5.73 Å². The van der Waals surface area contributed by atoms with E-state index in [0.717, 1.165) is 24.8 Å². The van der Waals surface area contributed by atoms with Crippen molar-refractivity contribution in [3.05, 3.63) is 29.3 Å². The van der Waals surface area contributed by atoms with Crippen LogP contribution in [0.3, 0.4) is 0 Å². The number of aromatic hydroxyl groups is 1. The standard InChI is InChI=1S/C14H23NO/c1-4-12(7-6-11(3)15)13-9-10(2)5-8-14(13)16/h5,8-9,11-12,16H,4,6-7,15H2,1-3H3. The van der Waals surface area contributed by atoms with Gasteiger partial charge in [-0.2, -0.15) is 0 Å². The zero-order valence-corrected chi connectivity index (χ0v) is 10.5. The molecule has 2 nitrogen and oxygen atoms in total. The molecule has 0 fully saturated rings. The van der Waals surface area contributed by atoms with Gasteiger partial charge in [-0.1, -0.05) is 24.6 Å². The Morgan fingerprint density at radius 1 is 1.31 bits per heavy atom. The normalized spacial score (nSPS) is 14.8. The molecule has 3 N–H and O–H groups in total. The maximum absolute atomic E-state index is 9.87. The second-order valence-corrected chi connectivity index (χ2v) is 4.72. The van der Waals surface area contributed by atoms with E-state index in [1.165, 1.54) is 5.56 Å². The highest BCUT2D eigenvalue weighted by Crippen LogP contribution is 2.32. The molecule has 16 heavy (non-hydrogen) atoms. The van der Waals surface area contributed by atoms with Crippen molar-refractivity contribution in [3.63, 3.8) is 0 Å². The molecule has 0 saturated heterocycles. The number of rotatable bonds is 5. The minimum Gasteiger partial charge on any atom is -0.508 e. The van der Waals surface area contributed by atoms with Crippen LogP contribution in [0, 0.1) is 6.92 Å². The van der Waals surface area contributed by atoms with Crippen LogP contribution in [0.15, 0.2) is 18.2 Å². The van der Waals surface area contributed by atoms with Gasteiger partial charge in [0.25, 0.3) is 0 Å². The van der Waals surface area contributed by atoms with E-state index in [2.05, 4.69) is 19.9 Å². The Morgan fingerprint density at radius 3 is 2.56 bits per heavy atom. The molecule has 0 radical (unpaired) electrons. The Bertz CT molecular complexity index is 334. The van der Waals surface area contributed by atoms with E-state index >= 15 is 0 Å². The molecule has 90 valence electrons. The molecule has 0 saturated carbocycles. The average molecular weight is 221 g/mol. The summed E-state index contributed by atoms with van der Waals surface area (Å²) in [5.74, 6) is 0.841. The molecular weight excluding hydrogens is 198 g/mol. The molecule has 0 aromatic heterocycles. The predicted octanol–water partition coefficient (Wildman–Crippen LogP) is 3.32. The second kappa shape index (κ2) is 5.90. The molecule has 1 aromatic rings. The molecule has 1 rings (SSSR count). The van der Waals surface area contributed by atoms with Gasteiger partial charge in [0.05, 0.1) is 0 Å². The average Bonchev–Trinajstić information content (AvgIpc) is 2.23. The minimum absolute atomic E-state index is 0.237. The summed E-state index contributed by atoms with van der Waals surface area (Å²) >= 11 is 0. The van der Waals surface area contributed by atoms with Crippen LogP contribution in [0.5, 0.6) is 5.75 Å². The van der Waals surface area contributed by atoms with Crippen molar-refractivity contribution >= 4 is 0 Å². The van der Waals surface area contributed by atoms with Crippen LogP contribution in [0.1, 0.15) is 50.2 Å². The van der Waals surface area contributed by atoms with Crippen molar-refractivity contribution in [3.8, 4) is 5.75 Å². The molecule has 0 bridgehead atoms. The van der Waals surface area contributed by atoms with E-state index in [1.54, 1.807) is 6.07 Å². The summed E-state index contributed by atoms with van der Waals surface area (Å²) in [4.78, 5) is 0. The lowest BCUT2D eigenvalue weighted by Crippen LogP contribution is -2.15. The predicted molar refractivity (Wildman–Crippen MR) is 68.8 cm³/mol. The molecule has 2 heteroatoms. The van der Waals surface area contributed by atoms with E-state index < -0.39 is 0 Å². The highest BCUT2D eigenvalue weighted by Gasteiger charge is 2.14. The van der Waals surface area contributed by atoms with E-state index in [9.17, 15) is 5.11 Å². The largest absolute Gasteiger partial charge is 0.508 e. The molecule has 0 amide bonds. The highest BCUT2D eigenvalue weighted by atomic mass is 16.3. The number of hydrogen-bond donors (Lipinski definition) is 2. The van der Waals surface area contributed by atoms with Gasteiger partial charge in [0.2, 0.25) is 0 Å². The van der Waals surface area contributed by atoms with Gasteiger partial charge in [0.1, 0.15) is 5.75 Å². The molecule has 0 aliphatic heterocycles. The molecule has 0 spiro atoms. The van der Waals surface area contributed by atoms with Crippen molar-refractivity contribution in [1.29, 1.82) is 0 Å². The molecule has 0 heterocycles. The second-order valence-electron chi connectivity index (χ2n) is 4.72. The van der Waals surface area contributed by atoms with Gasteiger partial charge in [0, 0.05) is 6.04 Å². The monoisotopic (exact) mass is 221 g/mol. The Labute approximate surface area is 98.5 Å². The first-order valence-corrected chi connectivity index (χ1v) is 6.09. The van der Waals surface area contributed by atoms with Crippen molar-refractivity contribution in [1.82, 2.24) is 0 Å². The smallest absolute Gasteiger partial charge is 0.119 e. The summed E-state index contributed by atoms with van der Waals surface area (Å²) < 4.78 is 0. The van der Waals surface area contributed by atoms with Crippen LogP contribution in [0.4, 0.5) is 0 Å². The van der Waals surface area contributed by atoms with Gasteiger partial charge in [-0.15, -0.1) is 0 Å². The van der Waals surface area contributed by atoms with Gasteiger partial charge in [-0.3, -0.25) is 0 Å². The Kier molecular flexibility index (Phi) is 4.81. The fourth-order valence-electron chi connectivity index (χ4n) is 2.04. The summed E-state index contributed by atoms with van der Waals surface area (Å²) in [7, 11) is 0. The Morgan fingerprint density at radius 2 is 2.00 bits per heavy atom. The van der Waals surface area contributed by atoms with Gasteiger partial charge < -0.3 is 10.8 Å². The quantitative estimate of drug-likeness (QED) is 0.801. The fourth-order valence-corrected chi connectivity index (χ4v) is 2.04. The van der Waals surface area contributed by atoms with Crippen LogP contribution in [-0.2, 0) is 0 Å². The van der Waals surface area contributed by atoms with E-state index in [0.29, 0.717) is 11.7 Å². The highest BCUT2D eigenvalue weighted by molar-refractivity contribution is 5.38. The van der Waals surface area contributed by atoms with E-state index in [1.807, 2.05) is 13.0 Å². The molecule has 2 atom stereocenters.